The normalized spacial score (nSPS) is 22.5. The molecule has 0 spiro atoms. The molecule has 1 amide bonds. The average molecular weight is 309 g/mol. The van der Waals surface area contributed by atoms with Crippen molar-refractivity contribution in [2.45, 2.75) is 44.8 Å². The van der Waals surface area contributed by atoms with E-state index >= 15 is 0 Å². The fourth-order valence-electron chi connectivity index (χ4n) is 2.77. The fourth-order valence-corrected chi connectivity index (χ4v) is 3.57. The first kappa shape index (κ1) is 16.5. The van der Waals surface area contributed by atoms with E-state index in [4.69, 9.17) is 0 Å². The maximum atomic E-state index is 12.6. The summed E-state index contributed by atoms with van der Waals surface area (Å²) in [5.74, 6) is 0.278. The number of hydrogen-bond donors (Lipinski definition) is 1. The van der Waals surface area contributed by atoms with Crippen LogP contribution in [0.15, 0.2) is 17.5 Å². The van der Waals surface area contributed by atoms with Gasteiger partial charge in [-0.1, -0.05) is 25.8 Å². The lowest BCUT2D eigenvalue weighted by Gasteiger charge is -2.24. The van der Waals surface area contributed by atoms with E-state index in [9.17, 15) is 4.79 Å². The molecule has 21 heavy (non-hydrogen) atoms. The van der Waals surface area contributed by atoms with Crippen molar-refractivity contribution in [2.75, 3.05) is 27.2 Å². The summed E-state index contributed by atoms with van der Waals surface area (Å²) in [7, 11) is 4.15. The first-order chi connectivity index (χ1) is 10.1. The molecule has 0 aromatic carbocycles. The van der Waals surface area contributed by atoms with Gasteiger partial charge in [0.15, 0.2) is 0 Å². The second-order valence-electron chi connectivity index (χ2n) is 5.97. The molecule has 118 valence electrons. The van der Waals surface area contributed by atoms with Gasteiger partial charge in [0.1, 0.15) is 6.17 Å². The van der Waals surface area contributed by atoms with Crippen molar-refractivity contribution in [2.24, 2.45) is 0 Å². The number of carbonyl (C=O) groups is 1. The average Bonchev–Trinajstić information content (AvgIpc) is 3.06. The number of nitrogens with zero attached hydrogens (tertiary/aromatic N) is 2. The molecule has 1 aromatic rings. The lowest BCUT2D eigenvalue weighted by atomic mass is 10.1. The third-order valence-electron chi connectivity index (χ3n) is 3.92. The molecule has 1 fully saturated rings. The fraction of sp³-hybridized carbons (Fsp3) is 0.688. The van der Waals surface area contributed by atoms with E-state index in [1.54, 1.807) is 11.3 Å². The van der Waals surface area contributed by atoms with Crippen LogP contribution in [0.1, 0.15) is 43.6 Å². The minimum absolute atomic E-state index is 0.00333. The first-order valence-electron chi connectivity index (χ1n) is 7.88. The van der Waals surface area contributed by atoms with Gasteiger partial charge in [-0.15, -0.1) is 11.3 Å². The number of carbonyl (C=O) groups excluding carboxylic acids is 1. The summed E-state index contributed by atoms with van der Waals surface area (Å²) in [5.41, 5.74) is 0. The maximum Gasteiger partial charge on any atom is 0.241 e. The number of rotatable bonds is 8. The standard InChI is InChI=1S/C16H27N3OS/c1-4-5-8-13-16(20)19(11-7-10-18(2)3)15(17-13)14-9-6-12-21-14/h6,9,12-13,15,17H,4-5,7-8,10-11H2,1-3H3. The number of nitrogens with one attached hydrogen (secondary N) is 1. The van der Waals surface area contributed by atoms with Gasteiger partial charge in [-0.25, -0.2) is 0 Å². The van der Waals surface area contributed by atoms with E-state index in [1.165, 1.54) is 4.88 Å². The van der Waals surface area contributed by atoms with E-state index in [0.717, 1.165) is 38.8 Å². The molecule has 2 unspecified atom stereocenters. The van der Waals surface area contributed by atoms with Gasteiger partial charge in [0.25, 0.3) is 0 Å². The van der Waals surface area contributed by atoms with Gasteiger partial charge >= 0.3 is 0 Å². The zero-order chi connectivity index (χ0) is 15.2. The van der Waals surface area contributed by atoms with Crippen LogP contribution in [0.2, 0.25) is 0 Å². The molecule has 1 saturated heterocycles. The Morgan fingerprint density at radius 2 is 2.19 bits per heavy atom. The predicted octanol–water partition coefficient (Wildman–Crippen LogP) is 2.69. The summed E-state index contributed by atoms with van der Waals surface area (Å²) in [6, 6.07) is 4.18. The Kier molecular flexibility index (Phi) is 6.21. The highest BCUT2D eigenvalue weighted by atomic mass is 32.1. The largest absolute Gasteiger partial charge is 0.321 e. The molecule has 0 radical (unpaired) electrons. The van der Waals surface area contributed by atoms with Gasteiger partial charge in [-0.2, -0.15) is 0 Å². The van der Waals surface area contributed by atoms with Crippen molar-refractivity contribution in [1.82, 2.24) is 15.1 Å². The molecule has 2 heterocycles. The molecule has 1 aromatic heterocycles. The third-order valence-corrected chi connectivity index (χ3v) is 4.84. The van der Waals surface area contributed by atoms with Crippen molar-refractivity contribution in [3.8, 4) is 0 Å². The summed E-state index contributed by atoms with van der Waals surface area (Å²) >= 11 is 1.72. The van der Waals surface area contributed by atoms with Crippen molar-refractivity contribution in [1.29, 1.82) is 0 Å². The predicted molar refractivity (Wildman–Crippen MR) is 88.4 cm³/mol. The maximum absolute atomic E-state index is 12.6. The van der Waals surface area contributed by atoms with Gasteiger partial charge in [0, 0.05) is 11.4 Å². The molecule has 0 aliphatic carbocycles. The summed E-state index contributed by atoms with van der Waals surface area (Å²) in [5, 5.41) is 5.62. The molecule has 5 heteroatoms. The Morgan fingerprint density at radius 1 is 1.38 bits per heavy atom. The Labute approximate surface area is 132 Å². The lowest BCUT2D eigenvalue weighted by molar-refractivity contribution is -0.130. The molecule has 0 bridgehead atoms. The van der Waals surface area contributed by atoms with Crippen LogP contribution in [0.3, 0.4) is 0 Å². The second-order valence-corrected chi connectivity index (χ2v) is 6.95. The molecule has 1 N–H and O–H groups in total. The number of hydrogen-bond acceptors (Lipinski definition) is 4. The smallest absolute Gasteiger partial charge is 0.241 e. The Hall–Kier alpha value is -0.910. The van der Waals surface area contributed by atoms with Crippen molar-refractivity contribution < 1.29 is 4.79 Å². The number of unbranched alkanes of at least 4 members (excludes halogenated alkanes) is 1. The number of amides is 1. The van der Waals surface area contributed by atoms with E-state index in [2.05, 4.69) is 48.7 Å². The van der Waals surface area contributed by atoms with Crippen LogP contribution in [0.4, 0.5) is 0 Å². The van der Waals surface area contributed by atoms with Gasteiger partial charge in [0.2, 0.25) is 5.91 Å². The molecule has 2 rings (SSSR count). The zero-order valence-corrected chi connectivity index (χ0v) is 14.2. The van der Waals surface area contributed by atoms with Gasteiger partial charge in [-0.3, -0.25) is 10.1 Å². The number of thiophene rings is 1. The van der Waals surface area contributed by atoms with Crippen LogP contribution in [-0.4, -0.2) is 48.9 Å². The summed E-state index contributed by atoms with van der Waals surface area (Å²) < 4.78 is 0. The first-order valence-corrected chi connectivity index (χ1v) is 8.76. The SMILES string of the molecule is CCCCC1NC(c2cccs2)N(CCCN(C)C)C1=O. The van der Waals surface area contributed by atoms with Crippen LogP contribution in [0.5, 0.6) is 0 Å². The quantitative estimate of drug-likeness (QED) is 0.802. The molecule has 1 aliphatic rings. The zero-order valence-electron chi connectivity index (χ0n) is 13.3. The highest BCUT2D eigenvalue weighted by Crippen LogP contribution is 2.30. The van der Waals surface area contributed by atoms with Crippen molar-refractivity contribution in [3.63, 3.8) is 0 Å². The molecule has 0 saturated carbocycles. The van der Waals surface area contributed by atoms with Gasteiger partial charge in [0.05, 0.1) is 6.04 Å². The molecular formula is C16H27N3OS. The third kappa shape index (κ3) is 4.28. The van der Waals surface area contributed by atoms with Crippen LogP contribution in [0.25, 0.3) is 0 Å². The van der Waals surface area contributed by atoms with Gasteiger partial charge in [-0.05, 0) is 44.9 Å². The minimum atomic E-state index is -0.00333. The van der Waals surface area contributed by atoms with Crippen LogP contribution in [0, 0.1) is 0 Å². The van der Waals surface area contributed by atoms with Crippen LogP contribution < -0.4 is 5.32 Å². The van der Waals surface area contributed by atoms with E-state index in [0.29, 0.717) is 0 Å². The summed E-state index contributed by atoms with van der Waals surface area (Å²) in [6.07, 6.45) is 4.27. The highest BCUT2D eigenvalue weighted by Gasteiger charge is 2.39. The van der Waals surface area contributed by atoms with E-state index in [-0.39, 0.29) is 18.1 Å². The summed E-state index contributed by atoms with van der Waals surface area (Å²) in [6.45, 7) is 4.01. The van der Waals surface area contributed by atoms with Crippen molar-refractivity contribution >= 4 is 17.2 Å². The van der Waals surface area contributed by atoms with Crippen LogP contribution >= 0.6 is 11.3 Å². The van der Waals surface area contributed by atoms with Crippen molar-refractivity contribution in [3.05, 3.63) is 22.4 Å². The Bertz CT molecular complexity index is 433. The highest BCUT2D eigenvalue weighted by molar-refractivity contribution is 7.10. The topological polar surface area (TPSA) is 35.6 Å². The Balaban J connectivity index is 2.03. The minimum Gasteiger partial charge on any atom is -0.321 e. The lowest BCUT2D eigenvalue weighted by Crippen LogP contribution is -2.33. The van der Waals surface area contributed by atoms with Crippen LogP contribution in [-0.2, 0) is 4.79 Å². The van der Waals surface area contributed by atoms with Gasteiger partial charge < -0.3 is 9.80 Å². The second kappa shape index (κ2) is 7.92. The van der Waals surface area contributed by atoms with E-state index in [1.807, 2.05) is 4.90 Å². The summed E-state index contributed by atoms with van der Waals surface area (Å²) in [4.78, 5) is 18.1. The molecular weight excluding hydrogens is 282 g/mol. The molecule has 1 aliphatic heterocycles. The monoisotopic (exact) mass is 309 g/mol. The van der Waals surface area contributed by atoms with E-state index < -0.39 is 0 Å². The molecule has 2 atom stereocenters. The Morgan fingerprint density at radius 3 is 2.81 bits per heavy atom. The molecule has 4 nitrogen and oxygen atoms in total.